The molecular formula is C21H19BrN4. The zero-order valence-electron chi connectivity index (χ0n) is 14.3. The number of fused-ring (bicyclic) bond motifs is 1. The van der Waals surface area contributed by atoms with Crippen molar-refractivity contribution in [2.24, 2.45) is 16.5 Å². The Morgan fingerprint density at radius 2 is 1.58 bits per heavy atom. The first-order valence-electron chi connectivity index (χ1n) is 8.36. The Bertz CT molecular complexity index is 1020. The highest BCUT2D eigenvalue weighted by atomic mass is 79.9. The second-order valence-corrected chi connectivity index (χ2v) is 7.41. The largest absolute Gasteiger partial charge is 0.370 e. The number of nitrogens with zero attached hydrogens (tertiary/aromatic N) is 1. The minimum absolute atomic E-state index is 0.332. The van der Waals surface area contributed by atoms with Gasteiger partial charge in [0.2, 0.25) is 0 Å². The quantitative estimate of drug-likeness (QED) is 0.579. The molecule has 26 heavy (non-hydrogen) atoms. The Labute approximate surface area is 161 Å². The van der Waals surface area contributed by atoms with Gasteiger partial charge >= 0.3 is 0 Å². The normalized spacial score (nSPS) is 18.7. The topological polar surface area (TPSA) is 76.4 Å². The minimum atomic E-state index is -0.828. The van der Waals surface area contributed by atoms with Crippen LogP contribution < -0.4 is 16.8 Å². The molecule has 0 fully saturated rings. The molecule has 3 aromatic rings. The van der Waals surface area contributed by atoms with Gasteiger partial charge in [-0.2, -0.15) is 0 Å². The minimum Gasteiger partial charge on any atom is -0.370 e. The molecule has 3 aromatic carbocycles. The van der Waals surface area contributed by atoms with Crippen LogP contribution in [-0.2, 0) is 5.66 Å². The maximum Gasteiger partial charge on any atom is 0.195 e. The van der Waals surface area contributed by atoms with E-state index in [2.05, 4.69) is 68.7 Å². The zero-order chi connectivity index (χ0) is 18.3. The van der Waals surface area contributed by atoms with Crippen molar-refractivity contribution in [3.05, 3.63) is 76.8 Å². The summed E-state index contributed by atoms with van der Waals surface area (Å²) in [4.78, 5) is 4.29. The second kappa shape index (κ2) is 6.27. The van der Waals surface area contributed by atoms with Crippen molar-refractivity contribution in [3.63, 3.8) is 0 Å². The van der Waals surface area contributed by atoms with Gasteiger partial charge in [-0.05, 0) is 41.3 Å². The first kappa shape index (κ1) is 16.8. The van der Waals surface area contributed by atoms with Crippen LogP contribution in [0.2, 0.25) is 0 Å². The van der Waals surface area contributed by atoms with Crippen molar-refractivity contribution in [2.45, 2.75) is 12.6 Å². The van der Waals surface area contributed by atoms with Gasteiger partial charge < -0.3 is 16.8 Å². The van der Waals surface area contributed by atoms with Crippen molar-refractivity contribution in [1.82, 2.24) is 0 Å². The Balaban J connectivity index is 1.87. The lowest BCUT2D eigenvalue weighted by atomic mass is 9.91. The summed E-state index contributed by atoms with van der Waals surface area (Å²) in [6.07, 6.45) is 0. The van der Waals surface area contributed by atoms with Crippen molar-refractivity contribution >= 4 is 27.6 Å². The van der Waals surface area contributed by atoms with Gasteiger partial charge in [-0.15, -0.1) is 0 Å². The first-order valence-corrected chi connectivity index (χ1v) is 9.15. The maximum absolute atomic E-state index is 6.30. The summed E-state index contributed by atoms with van der Waals surface area (Å²) in [5.74, 6) is 0.332. The summed E-state index contributed by atoms with van der Waals surface area (Å²) < 4.78 is 1.06. The van der Waals surface area contributed by atoms with Crippen LogP contribution in [0.25, 0.3) is 22.3 Å². The van der Waals surface area contributed by atoms with Crippen LogP contribution in [0.4, 0.5) is 5.69 Å². The van der Waals surface area contributed by atoms with Crippen LogP contribution in [0, 0.1) is 0 Å². The van der Waals surface area contributed by atoms with E-state index in [0.29, 0.717) is 5.96 Å². The molecule has 1 heterocycles. The molecule has 0 saturated carbocycles. The van der Waals surface area contributed by atoms with Gasteiger partial charge in [-0.25, -0.2) is 4.99 Å². The number of nitrogens with one attached hydrogen (secondary N) is 1. The van der Waals surface area contributed by atoms with Crippen LogP contribution in [-0.4, -0.2) is 5.96 Å². The molecule has 0 radical (unpaired) electrons. The number of nitrogens with two attached hydrogens (primary N) is 2. The molecule has 4 nitrogen and oxygen atoms in total. The Morgan fingerprint density at radius 3 is 2.31 bits per heavy atom. The van der Waals surface area contributed by atoms with Gasteiger partial charge in [-0.3, -0.25) is 0 Å². The molecule has 1 atom stereocenters. The maximum atomic E-state index is 6.30. The van der Waals surface area contributed by atoms with E-state index >= 15 is 0 Å². The van der Waals surface area contributed by atoms with Crippen LogP contribution in [0.5, 0.6) is 0 Å². The standard InChI is InChI=1S/C21H19BrN4/c1-21(24)17-11-10-13(12-19(17)25-20(23)26-21)14-6-2-3-7-15(14)16-8-4-5-9-18(16)22/h2-12H,24H2,1H3,(H3,23,25,26). The average Bonchev–Trinajstić information content (AvgIpc) is 2.61. The van der Waals surface area contributed by atoms with Gasteiger partial charge in [0.1, 0.15) is 5.66 Å². The molecular weight excluding hydrogens is 388 g/mol. The van der Waals surface area contributed by atoms with Crippen LogP contribution in [0.3, 0.4) is 0 Å². The fourth-order valence-corrected chi connectivity index (χ4v) is 3.88. The van der Waals surface area contributed by atoms with Crippen molar-refractivity contribution in [2.75, 3.05) is 5.32 Å². The number of hydrogen-bond acceptors (Lipinski definition) is 4. The van der Waals surface area contributed by atoms with Crippen LogP contribution in [0.1, 0.15) is 12.5 Å². The van der Waals surface area contributed by atoms with E-state index in [4.69, 9.17) is 11.5 Å². The van der Waals surface area contributed by atoms with Gasteiger partial charge in [0.25, 0.3) is 0 Å². The van der Waals surface area contributed by atoms with E-state index in [0.717, 1.165) is 38.0 Å². The molecule has 5 heteroatoms. The molecule has 0 aromatic heterocycles. The van der Waals surface area contributed by atoms with E-state index in [-0.39, 0.29) is 0 Å². The molecule has 130 valence electrons. The molecule has 0 spiro atoms. The third-order valence-electron chi connectivity index (χ3n) is 4.58. The molecule has 0 amide bonds. The summed E-state index contributed by atoms with van der Waals surface area (Å²) >= 11 is 3.66. The Morgan fingerprint density at radius 1 is 0.923 bits per heavy atom. The van der Waals surface area contributed by atoms with E-state index in [9.17, 15) is 0 Å². The number of guanidine groups is 1. The predicted octanol–water partition coefficient (Wildman–Crippen LogP) is 4.65. The zero-order valence-corrected chi connectivity index (χ0v) is 15.9. The Hall–Kier alpha value is -2.63. The lowest BCUT2D eigenvalue weighted by Crippen LogP contribution is -2.40. The van der Waals surface area contributed by atoms with Gasteiger partial charge in [-0.1, -0.05) is 70.5 Å². The Kier molecular flexibility index (Phi) is 4.05. The SMILES string of the molecule is CC1(N)N=C(N)Nc2cc(-c3ccccc3-c3ccccc3Br)ccc21. The van der Waals surface area contributed by atoms with Crippen LogP contribution >= 0.6 is 15.9 Å². The lowest BCUT2D eigenvalue weighted by Gasteiger charge is -2.29. The monoisotopic (exact) mass is 406 g/mol. The molecule has 0 bridgehead atoms. The fourth-order valence-electron chi connectivity index (χ4n) is 3.38. The second-order valence-electron chi connectivity index (χ2n) is 6.56. The molecule has 0 saturated heterocycles. The number of halogens is 1. The highest BCUT2D eigenvalue weighted by Crippen LogP contribution is 2.39. The van der Waals surface area contributed by atoms with Gasteiger partial charge in [0, 0.05) is 15.7 Å². The van der Waals surface area contributed by atoms with E-state index in [1.165, 1.54) is 0 Å². The molecule has 1 aliphatic rings. The molecule has 5 N–H and O–H groups in total. The molecule has 1 aliphatic heterocycles. The summed E-state index contributed by atoms with van der Waals surface area (Å²) in [7, 11) is 0. The summed E-state index contributed by atoms with van der Waals surface area (Å²) in [5.41, 5.74) is 17.7. The molecule has 0 aliphatic carbocycles. The highest BCUT2D eigenvalue weighted by molar-refractivity contribution is 9.10. The van der Waals surface area contributed by atoms with Gasteiger partial charge in [0.15, 0.2) is 5.96 Å². The summed E-state index contributed by atoms with van der Waals surface area (Å²) in [6, 6.07) is 22.8. The van der Waals surface area contributed by atoms with E-state index in [1.807, 2.05) is 31.2 Å². The van der Waals surface area contributed by atoms with Crippen molar-refractivity contribution in [1.29, 1.82) is 0 Å². The smallest absolute Gasteiger partial charge is 0.195 e. The first-order chi connectivity index (χ1) is 12.5. The van der Waals surface area contributed by atoms with E-state index in [1.54, 1.807) is 0 Å². The highest BCUT2D eigenvalue weighted by Gasteiger charge is 2.28. The summed E-state index contributed by atoms with van der Waals surface area (Å²) in [5, 5.41) is 3.13. The molecule has 1 unspecified atom stereocenters. The number of aliphatic imine (C=N–C) groups is 1. The lowest BCUT2D eigenvalue weighted by molar-refractivity contribution is 0.521. The summed E-state index contributed by atoms with van der Waals surface area (Å²) in [6.45, 7) is 1.86. The number of anilines is 1. The third-order valence-corrected chi connectivity index (χ3v) is 5.27. The van der Waals surface area contributed by atoms with Gasteiger partial charge in [0.05, 0.1) is 0 Å². The number of hydrogen-bond donors (Lipinski definition) is 3. The number of benzene rings is 3. The number of rotatable bonds is 2. The van der Waals surface area contributed by atoms with Crippen molar-refractivity contribution < 1.29 is 0 Å². The average molecular weight is 407 g/mol. The van der Waals surface area contributed by atoms with E-state index < -0.39 is 5.66 Å². The third kappa shape index (κ3) is 2.89. The fraction of sp³-hybridized carbons (Fsp3) is 0.0952. The van der Waals surface area contributed by atoms with Crippen LogP contribution in [0.15, 0.2) is 76.2 Å². The van der Waals surface area contributed by atoms with Crippen molar-refractivity contribution in [3.8, 4) is 22.3 Å². The predicted molar refractivity (Wildman–Crippen MR) is 112 cm³/mol. The molecule has 4 rings (SSSR count).